The van der Waals surface area contributed by atoms with Crippen molar-refractivity contribution in [2.75, 3.05) is 6.54 Å². The standard InChI is InChI=1S/C10H12ClNO/c11-9-5-8(3-1-2-4-12)6-10(13)7-9/h1,3,5-7,13H,2,4,12H2. The second kappa shape index (κ2) is 4.90. The molecule has 0 bridgehead atoms. The zero-order chi connectivity index (χ0) is 9.68. The first-order chi connectivity index (χ1) is 6.22. The summed E-state index contributed by atoms with van der Waals surface area (Å²) in [5.41, 5.74) is 6.21. The Morgan fingerprint density at radius 2 is 2.15 bits per heavy atom. The maximum absolute atomic E-state index is 9.21. The lowest BCUT2D eigenvalue weighted by Gasteiger charge is -1.97. The molecule has 0 aliphatic rings. The molecule has 0 aliphatic heterocycles. The molecule has 1 aromatic carbocycles. The highest BCUT2D eigenvalue weighted by molar-refractivity contribution is 6.30. The van der Waals surface area contributed by atoms with Gasteiger partial charge in [-0.2, -0.15) is 0 Å². The second-order valence-corrected chi connectivity index (χ2v) is 3.16. The van der Waals surface area contributed by atoms with Crippen LogP contribution in [0.25, 0.3) is 6.08 Å². The van der Waals surface area contributed by atoms with Crippen LogP contribution in [0.5, 0.6) is 5.75 Å². The van der Waals surface area contributed by atoms with Crippen LogP contribution in [0.2, 0.25) is 5.02 Å². The zero-order valence-electron chi connectivity index (χ0n) is 7.20. The van der Waals surface area contributed by atoms with Crippen molar-refractivity contribution in [2.24, 2.45) is 5.73 Å². The summed E-state index contributed by atoms with van der Waals surface area (Å²) in [6.07, 6.45) is 4.66. The lowest BCUT2D eigenvalue weighted by Crippen LogP contribution is -1.94. The summed E-state index contributed by atoms with van der Waals surface area (Å²) in [4.78, 5) is 0. The summed E-state index contributed by atoms with van der Waals surface area (Å²) >= 11 is 5.74. The molecule has 2 nitrogen and oxygen atoms in total. The SMILES string of the molecule is NCCC=Cc1cc(O)cc(Cl)c1. The van der Waals surface area contributed by atoms with Gasteiger partial charge in [0.25, 0.3) is 0 Å². The van der Waals surface area contributed by atoms with Gasteiger partial charge in [-0.25, -0.2) is 0 Å². The molecule has 3 N–H and O–H groups in total. The molecule has 0 saturated carbocycles. The van der Waals surface area contributed by atoms with Gasteiger partial charge in [0.05, 0.1) is 0 Å². The molecule has 13 heavy (non-hydrogen) atoms. The molecule has 0 spiro atoms. The third kappa shape index (κ3) is 3.49. The Hall–Kier alpha value is -0.990. The van der Waals surface area contributed by atoms with Crippen LogP contribution in [0.1, 0.15) is 12.0 Å². The molecule has 0 amide bonds. The zero-order valence-corrected chi connectivity index (χ0v) is 7.96. The van der Waals surface area contributed by atoms with E-state index in [4.69, 9.17) is 17.3 Å². The van der Waals surface area contributed by atoms with Gasteiger partial charge in [-0.15, -0.1) is 0 Å². The van der Waals surface area contributed by atoms with Crippen molar-refractivity contribution in [1.29, 1.82) is 0 Å². The van der Waals surface area contributed by atoms with E-state index in [0.717, 1.165) is 12.0 Å². The summed E-state index contributed by atoms with van der Waals surface area (Å²) in [7, 11) is 0. The quantitative estimate of drug-likeness (QED) is 0.782. The molecule has 0 aromatic heterocycles. The van der Waals surface area contributed by atoms with Gasteiger partial charge in [0.1, 0.15) is 5.75 Å². The molecular weight excluding hydrogens is 186 g/mol. The average molecular weight is 198 g/mol. The average Bonchev–Trinajstić information content (AvgIpc) is 2.03. The fourth-order valence-corrected chi connectivity index (χ4v) is 1.25. The molecule has 0 unspecified atom stereocenters. The maximum Gasteiger partial charge on any atom is 0.117 e. The first-order valence-corrected chi connectivity index (χ1v) is 4.46. The van der Waals surface area contributed by atoms with E-state index in [-0.39, 0.29) is 5.75 Å². The Balaban J connectivity index is 2.77. The van der Waals surface area contributed by atoms with Gasteiger partial charge >= 0.3 is 0 Å². The fraction of sp³-hybridized carbons (Fsp3) is 0.200. The Kier molecular flexibility index (Phi) is 3.80. The molecule has 0 radical (unpaired) electrons. The number of phenolic OH excluding ortho intramolecular Hbond substituents is 1. The van der Waals surface area contributed by atoms with E-state index < -0.39 is 0 Å². The minimum absolute atomic E-state index is 0.180. The van der Waals surface area contributed by atoms with E-state index >= 15 is 0 Å². The van der Waals surface area contributed by atoms with Gasteiger partial charge in [-0.05, 0) is 36.7 Å². The predicted molar refractivity (Wildman–Crippen MR) is 55.8 cm³/mol. The van der Waals surface area contributed by atoms with Crippen molar-refractivity contribution in [3.8, 4) is 5.75 Å². The van der Waals surface area contributed by atoms with Crippen molar-refractivity contribution >= 4 is 17.7 Å². The van der Waals surface area contributed by atoms with E-state index in [1.807, 2.05) is 12.2 Å². The van der Waals surface area contributed by atoms with Crippen molar-refractivity contribution in [1.82, 2.24) is 0 Å². The van der Waals surface area contributed by atoms with E-state index in [0.29, 0.717) is 11.6 Å². The molecule has 1 aromatic rings. The van der Waals surface area contributed by atoms with Crippen LogP contribution >= 0.6 is 11.6 Å². The number of nitrogens with two attached hydrogens (primary N) is 1. The maximum atomic E-state index is 9.21. The topological polar surface area (TPSA) is 46.2 Å². The van der Waals surface area contributed by atoms with Crippen LogP contribution in [-0.2, 0) is 0 Å². The van der Waals surface area contributed by atoms with Crippen LogP contribution in [0.3, 0.4) is 0 Å². The number of rotatable bonds is 3. The van der Waals surface area contributed by atoms with Gasteiger partial charge in [0, 0.05) is 5.02 Å². The Morgan fingerprint density at radius 3 is 2.77 bits per heavy atom. The second-order valence-electron chi connectivity index (χ2n) is 2.72. The number of hydrogen-bond acceptors (Lipinski definition) is 2. The monoisotopic (exact) mass is 197 g/mol. The molecule has 3 heteroatoms. The van der Waals surface area contributed by atoms with Gasteiger partial charge in [-0.1, -0.05) is 23.8 Å². The third-order valence-corrected chi connectivity index (χ3v) is 1.77. The lowest BCUT2D eigenvalue weighted by atomic mass is 10.2. The molecule has 0 saturated heterocycles. The van der Waals surface area contributed by atoms with E-state index in [9.17, 15) is 5.11 Å². The highest BCUT2D eigenvalue weighted by atomic mass is 35.5. The Morgan fingerprint density at radius 1 is 1.38 bits per heavy atom. The Bertz CT molecular complexity index is 290. The minimum atomic E-state index is 0.180. The number of hydrogen-bond donors (Lipinski definition) is 2. The van der Waals surface area contributed by atoms with E-state index in [1.165, 1.54) is 6.07 Å². The molecule has 0 aliphatic carbocycles. The number of aromatic hydroxyl groups is 1. The third-order valence-electron chi connectivity index (χ3n) is 1.55. The summed E-state index contributed by atoms with van der Waals surface area (Å²) in [5, 5.41) is 9.74. The smallest absolute Gasteiger partial charge is 0.117 e. The van der Waals surface area contributed by atoms with Gasteiger partial charge in [0.2, 0.25) is 0 Å². The number of halogens is 1. The van der Waals surface area contributed by atoms with Crippen LogP contribution in [0, 0.1) is 0 Å². The van der Waals surface area contributed by atoms with Gasteiger partial charge in [0.15, 0.2) is 0 Å². The molecule has 70 valence electrons. The summed E-state index contributed by atoms with van der Waals surface area (Å²) in [5.74, 6) is 0.180. The van der Waals surface area contributed by atoms with Crippen LogP contribution in [0.4, 0.5) is 0 Å². The largest absolute Gasteiger partial charge is 0.508 e. The van der Waals surface area contributed by atoms with Crippen LogP contribution in [0.15, 0.2) is 24.3 Å². The fourth-order valence-electron chi connectivity index (χ4n) is 1.01. The molecule has 0 atom stereocenters. The Labute approximate surface area is 82.6 Å². The summed E-state index contributed by atoms with van der Waals surface area (Å²) < 4.78 is 0. The minimum Gasteiger partial charge on any atom is -0.508 e. The van der Waals surface area contributed by atoms with Crippen molar-refractivity contribution in [2.45, 2.75) is 6.42 Å². The molecule has 0 fully saturated rings. The number of phenols is 1. The van der Waals surface area contributed by atoms with Crippen LogP contribution in [-0.4, -0.2) is 11.7 Å². The van der Waals surface area contributed by atoms with Crippen molar-refractivity contribution < 1.29 is 5.11 Å². The van der Waals surface area contributed by atoms with E-state index in [1.54, 1.807) is 12.1 Å². The first kappa shape index (κ1) is 10.1. The van der Waals surface area contributed by atoms with Crippen molar-refractivity contribution in [3.05, 3.63) is 34.9 Å². The summed E-state index contributed by atoms with van der Waals surface area (Å²) in [6, 6.07) is 4.94. The van der Waals surface area contributed by atoms with Gasteiger partial charge < -0.3 is 10.8 Å². The molecule has 1 rings (SSSR count). The van der Waals surface area contributed by atoms with Gasteiger partial charge in [-0.3, -0.25) is 0 Å². The highest BCUT2D eigenvalue weighted by Crippen LogP contribution is 2.20. The first-order valence-electron chi connectivity index (χ1n) is 4.08. The molecular formula is C10H12ClNO. The normalized spacial score (nSPS) is 10.9. The van der Waals surface area contributed by atoms with E-state index in [2.05, 4.69) is 0 Å². The van der Waals surface area contributed by atoms with Crippen molar-refractivity contribution in [3.63, 3.8) is 0 Å². The highest BCUT2D eigenvalue weighted by Gasteiger charge is 1.94. The predicted octanol–water partition coefficient (Wildman–Crippen LogP) is 2.41. The molecule has 0 heterocycles. The number of benzene rings is 1. The lowest BCUT2D eigenvalue weighted by molar-refractivity contribution is 0.475. The summed E-state index contributed by atoms with van der Waals surface area (Å²) in [6.45, 7) is 0.628. The van der Waals surface area contributed by atoms with Crippen LogP contribution < -0.4 is 5.73 Å².